The normalized spacial score (nSPS) is 10.8. The first kappa shape index (κ1) is 14.4. The highest BCUT2D eigenvalue weighted by molar-refractivity contribution is 7.94. The van der Waals surface area contributed by atoms with Crippen LogP contribution in [0.1, 0.15) is 4.88 Å². The molecule has 0 aliphatic carbocycles. The lowest BCUT2D eigenvalue weighted by Crippen LogP contribution is -2.16. The number of para-hydroxylation sites is 2. The van der Waals surface area contributed by atoms with E-state index >= 15 is 0 Å². The van der Waals surface area contributed by atoms with Crippen LogP contribution >= 0.6 is 11.3 Å². The summed E-state index contributed by atoms with van der Waals surface area (Å²) in [5.41, 5.74) is 1.28. The third-order valence-corrected chi connectivity index (χ3v) is 5.43. The second-order valence-corrected chi connectivity index (χ2v) is 7.24. The molecule has 0 amide bonds. The van der Waals surface area contributed by atoms with Crippen molar-refractivity contribution in [3.63, 3.8) is 0 Å². The molecule has 20 heavy (non-hydrogen) atoms. The number of rotatable bonds is 4. The Morgan fingerprint density at radius 2 is 1.90 bits per heavy atom. The van der Waals surface area contributed by atoms with Crippen molar-refractivity contribution in [2.75, 3.05) is 23.7 Å². The van der Waals surface area contributed by atoms with Crippen LogP contribution < -0.4 is 9.62 Å². The van der Waals surface area contributed by atoms with E-state index in [1.54, 1.807) is 12.1 Å². The van der Waals surface area contributed by atoms with Gasteiger partial charge >= 0.3 is 0 Å². The van der Waals surface area contributed by atoms with Gasteiger partial charge in [0.25, 0.3) is 10.0 Å². The van der Waals surface area contributed by atoms with Crippen molar-refractivity contribution in [3.8, 4) is 6.07 Å². The lowest BCUT2D eigenvalue weighted by Gasteiger charge is -2.17. The molecule has 5 nitrogen and oxygen atoms in total. The quantitative estimate of drug-likeness (QED) is 0.942. The SMILES string of the molecule is CN(C)c1ccccc1NS(=O)(=O)c1ccc(C#N)s1. The minimum absolute atomic E-state index is 0.127. The summed E-state index contributed by atoms with van der Waals surface area (Å²) in [5.74, 6) is 0. The predicted octanol–water partition coefficient (Wildman–Crippen LogP) is 2.49. The third-order valence-electron chi connectivity index (χ3n) is 2.59. The van der Waals surface area contributed by atoms with Crippen LogP contribution in [0.3, 0.4) is 0 Å². The summed E-state index contributed by atoms with van der Waals surface area (Å²) in [5, 5.41) is 8.76. The Morgan fingerprint density at radius 1 is 1.20 bits per heavy atom. The van der Waals surface area contributed by atoms with E-state index in [2.05, 4.69) is 4.72 Å². The Hall–Kier alpha value is -2.04. The maximum absolute atomic E-state index is 12.3. The Bertz CT molecular complexity index is 758. The molecule has 0 saturated heterocycles. The molecule has 0 radical (unpaired) electrons. The van der Waals surface area contributed by atoms with Crippen molar-refractivity contribution in [1.29, 1.82) is 5.26 Å². The van der Waals surface area contributed by atoms with E-state index in [9.17, 15) is 8.42 Å². The zero-order valence-corrected chi connectivity index (χ0v) is 12.6. The number of sulfonamides is 1. The fourth-order valence-corrected chi connectivity index (χ4v) is 3.85. The van der Waals surface area contributed by atoms with Crippen LogP contribution in [0.4, 0.5) is 11.4 Å². The van der Waals surface area contributed by atoms with Crippen LogP contribution in [0.2, 0.25) is 0 Å². The molecule has 7 heteroatoms. The van der Waals surface area contributed by atoms with Crippen molar-refractivity contribution in [1.82, 2.24) is 0 Å². The van der Waals surface area contributed by atoms with Gasteiger partial charge in [-0.1, -0.05) is 12.1 Å². The van der Waals surface area contributed by atoms with Gasteiger partial charge in [-0.15, -0.1) is 11.3 Å². The number of hydrogen-bond acceptors (Lipinski definition) is 5. The first-order valence-corrected chi connectivity index (χ1v) is 8.03. The standard InChI is InChI=1S/C13H13N3O2S2/c1-16(2)12-6-4-3-5-11(12)15-20(17,18)13-8-7-10(9-14)19-13/h3-8,15H,1-2H3. The molecular formula is C13H13N3O2S2. The number of nitriles is 1. The van der Waals surface area contributed by atoms with E-state index < -0.39 is 10.0 Å². The second kappa shape index (κ2) is 5.53. The fourth-order valence-electron chi connectivity index (χ4n) is 1.67. The summed E-state index contributed by atoms with van der Waals surface area (Å²) in [4.78, 5) is 2.19. The first-order valence-electron chi connectivity index (χ1n) is 5.73. The molecule has 0 fully saturated rings. The molecule has 0 atom stereocenters. The Labute approximate surface area is 122 Å². The summed E-state index contributed by atoms with van der Waals surface area (Å²) < 4.78 is 27.2. The van der Waals surface area contributed by atoms with Gasteiger partial charge < -0.3 is 4.90 Å². The van der Waals surface area contributed by atoms with E-state index in [0.717, 1.165) is 17.0 Å². The lowest BCUT2D eigenvalue weighted by molar-refractivity contribution is 0.603. The smallest absolute Gasteiger partial charge is 0.271 e. The predicted molar refractivity (Wildman–Crippen MR) is 80.6 cm³/mol. The van der Waals surface area contributed by atoms with Crippen LogP contribution in [0.25, 0.3) is 0 Å². The monoisotopic (exact) mass is 307 g/mol. The van der Waals surface area contributed by atoms with Crippen molar-refractivity contribution in [2.24, 2.45) is 0 Å². The van der Waals surface area contributed by atoms with Crippen LogP contribution in [0.5, 0.6) is 0 Å². The highest BCUT2D eigenvalue weighted by atomic mass is 32.2. The van der Waals surface area contributed by atoms with Crippen LogP contribution in [-0.4, -0.2) is 22.5 Å². The van der Waals surface area contributed by atoms with Crippen LogP contribution in [-0.2, 0) is 10.0 Å². The van der Waals surface area contributed by atoms with Gasteiger partial charge in [-0.05, 0) is 24.3 Å². The summed E-state index contributed by atoms with van der Waals surface area (Å²) in [7, 11) is 0.0108. The van der Waals surface area contributed by atoms with Crippen molar-refractivity contribution in [3.05, 3.63) is 41.3 Å². The number of anilines is 2. The highest BCUT2D eigenvalue weighted by Gasteiger charge is 2.18. The summed E-state index contributed by atoms with van der Waals surface area (Å²) >= 11 is 0.948. The van der Waals surface area contributed by atoms with Gasteiger partial charge in [0.2, 0.25) is 0 Å². The Kier molecular flexibility index (Phi) is 3.97. The van der Waals surface area contributed by atoms with Gasteiger partial charge in [-0.2, -0.15) is 5.26 Å². The number of nitrogens with zero attached hydrogens (tertiary/aromatic N) is 2. The minimum Gasteiger partial charge on any atom is -0.376 e. The maximum atomic E-state index is 12.3. The lowest BCUT2D eigenvalue weighted by atomic mass is 10.2. The first-order chi connectivity index (χ1) is 9.44. The van der Waals surface area contributed by atoms with Gasteiger partial charge in [0.1, 0.15) is 15.2 Å². The topological polar surface area (TPSA) is 73.2 Å². The minimum atomic E-state index is -3.67. The third kappa shape index (κ3) is 2.92. The Balaban J connectivity index is 2.36. The van der Waals surface area contributed by atoms with Crippen LogP contribution in [0, 0.1) is 11.3 Å². The maximum Gasteiger partial charge on any atom is 0.271 e. The Morgan fingerprint density at radius 3 is 2.50 bits per heavy atom. The van der Waals surface area contributed by atoms with E-state index in [4.69, 9.17) is 5.26 Å². The molecule has 0 spiro atoms. The fraction of sp³-hybridized carbons (Fsp3) is 0.154. The van der Waals surface area contributed by atoms with Gasteiger partial charge in [0.15, 0.2) is 0 Å². The molecule has 0 aliphatic rings. The molecule has 0 saturated carbocycles. The molecule has 1 N–H and O–H groups in total. The summed E-state index contributed by atoms with van der Waals surface area (Å²) in [6, 6.07) is 12.0. The average molecular weight is 307 g/mol. The number of nitrogens with one attached hydrogen (secondary N) is 1. The molecule has 1 heterocycles. The summed E-state index contributed by atoms with van der Waals surface area (Å²) in [6.07, 6.45) is 0. The molecule has 104 valence electrons. The van der Waals surface area contributed by atoms with E-state index in [1.807, 2.05) is 37.2 Å². The molecule has 0 aliphatic heterocycles. The van der Waals surface area contributed by atoms with Crippen LogP contribution in [0.15, 0.2) is 40.6 Å². The molecule has 2 aromatic rings. The average Bonchev–Trinajstić information content (AvgIpc) is 2.88. The van der Waals surface area contributed by atoms with Crippen molar-refractivity contribution < 1.29 is 8.42 Å². The van der Waals surface area contributed by atoms with E-state index in [-0.39, 0.29) is 4.21 Å². The van der Waals surface area contributed by atoms with Crippen molar-refractivity contribution in [2.45, 2.75) is 4.21 Å². The molecular weight excluding hydrogens is 294 g/mol. The molecule has 0 bridgehead atoms. The molecule has 2 rings (SSSR count). The van der Waals surface area contributed by atoms with E-state index in [0.29, 0.717) is 10.6 Å². The number of thiophene rings is 1. The van der Waals surface area contributed by atoms with Gasteiger partial charge in [0.05, 0.1) is 11.4 Å². The highest BCUT2D eigenvalue weighted by Crippen LogP contribution is 2.28. The molecule has 1 aromatic carbocycles. The van der Waals surface area contributed by atoms with Gasteiger partial charge in [-0.3, -0.25) is 4.72 Å². The number of hydrogen-bond donors (Lipinski definition) is 1. The number of benzene rings is 1. The largest absolute Gasteiger partial charge is 0.376 e. The summed E-state index contributed by atoms with van der Waals surface area (Å²) in [6.45, 7) is 0. The van der Waals surface area contributed by atoms with E-state index in [1.165, 1.54) is 12.1 Å². The second-order valence-electron chi connectivity index (χ2n) is 4.25. The zero-order chi connectivity index (χ0) is 14.8. The van der Waals surface area contributed by atoms with Gasteiger partial charge in [-0.25, -0.2) is 8.42 Å². The van der Waals surface area contributed by atoms with Crippen molar-refractivity contribution >= 4 is 32.7 Å². The zero-order valence-electron chi connectivity index (χ0n) is 11.0. The molecule has 1 aromatic heterocycles. The molecule has 0 unspecified atom stereocenters. The van der Waals surface area contributed by atoms with Gasteiger partial charge in [0, 0.05) is 14.1 Å².